The molecule has 0 amide bonds. The van der Waals surface area contributed by atoms with Crippen LogP contribution in [0.5, 0.6) is 5.75 Å². The van der Waals surface area contributed by atoms with Crippen LogP contribution in [0.4, 0.5) is 0 Å². The van der Waals surface area contributed by atoms with Crippen molar-refractivity contribution < 1.29 is 4.74 Å². The highest BCUT2D eigenvalue weighted by molar-refractivity contribution is 7.98. The lowest BCUT2D eigenvalue weighted by Gasteiger charge is -2.14. The molecule has 1 aromatic rings. The summed E-state index contributed by atoms with van der Waals surface area (Å²) in [5.41, 5.74) is 1.13. The van der Waals surface area contributed by atoms with Gasteiger partial charge in [0.25, 0.3) is 0 Å². The van der Waals surface area contributed by atoms with Gasteiger partial charge in [0, 0.05) is 17.9 Å². The van der Waals surface area contributed by atoms with Crippen LogP contribution in [-0.4, -0.2) is 25.2 Å². The van der Waals surface area contributed by atoms with Crippen molar-refractivity contribution >= 4 is 23.4 Å². The molecule has 0 saturated carbocycles. The van der Waals surface area contributed by atoms with Gasteiger partial charge in [-0.2, -0.15) is 11.8 Å². The standard InChI is InChI=1S/C14H22ClNOS/c1-11(2)9-16-10-12-5-4-6-13(15)14(12)17-7-8-18-3/h4-6,11,16H,7-10H2,1-3H3. The summed E-state index contributed by atoms with van der Waals surface area (Å²) in [7, 11) is 0. The summed E-state index contributed by atoms with van der Waals surface area (Å²) >= 11 is 7.96. The van der Waals surface area contributed by atoms with E-state index in [1.807, 2.05) is 12.1 Å². The topological polar surface area (TPSA) is 21.3 Å². The maximum absolute atomic E-state index is 6.19. The van der Waals surface area contributed by atoms with Crippen LogP contribution in [0.15, 0.2) is 18.2 Å². The molecule has 0 aliphatic carbocycles. The molecule has 1 rings (SSSR count). The Hall–Kier alpha value is -0.380. The molecule has 0 saturated heterocycles. The highest BCUT2D eigenvalue weighted by Crippen LogP contribution is 2.28. The quantitative estimate of drug-likeness (QED) is 0.734. The molecule has 0 aromatic heterocycles. The van der Waals surface area contributed by atoms with Gasteiger partial charge in [-0.1, -0.05) is 37.6 Å². The van der Waals surface area contributed by atoms with Crippen molar-refractivity contribution in [3.05, 3.63) is 28.8 Å². The third-order valence-corrected chi connectivity index (χ3v) is 3.32. The molecule has 0 unspecified atom stereocenters. The van der Waals surface area contributed by atoms with Crippen LogP contribution in [0.2, 0.25) is 5.02 Å². The van der Waals surface area contributed by atoms with Crippen LogP contribution in [0.3, 0.4) is 0 Å². The van der Waals surface area contributed by atoms with Crippen molar-refractivity contribution in [2.45, 2.75) is 20.4 Å². The first-order chi connectivity index (χ1) is 8.65. The summed E-state index contributed by atoms with van der Waals surface area (Å²) in [5, 5.41) is 4.11. The number of rotatable bonds is 8. The van der Waals surface area contributed by atoms with Crippen molar-refractivity contribution in [3.8, 4) is 5.75 Å². The molecule has 0 bridgehead atoms. The van der Waals surface area contributed by atoms with E-state index in [0.29, 0.717) is 17.5 Å². The second kappa shape index (κ2) is 8.68. The lowest BCUT2D eigenvalue weighted by Crippen LogP contribution is -2.19. The highest BCUT2D eigenvalue weighted by Gasteiger charge is 2.08. The van der Waals surface area contributed by atoms with Crippen LogP contribution in [0.25, 0.3) is 0 Å². The van der Waals surface area contributed by atoms with E-state index >= 15 is 0 Å². The number of hydrogen-bond donors (Lipinski definition) is 1. The summed E-state index contributed by atoms with van der Waals surface area (Å²) in [6.45, 7) is 6.88. The fraction of sp³-hybridized carbons (Fsp3) is 0.571. The summed E-state index contributed by atoms with van der Waals surface area (Å²) < 4.78 is 5.77. The molecule has 0 fully saturated rings. The average Bonchev–Trinajstić information content (AvgIpc) is 2.32. The molecular weight excluding hydrogens is 266 g/mol. The van der Waals surface area contributed by atoms with Gasteiger partial charge in [0.2, 0.25) is 0 Å². The molecule has 102 valence electrons. The van der Waals surface area contributed by atoms with Crippen LogP contribution >= 0.6 is 23.4 Å². The van der Waals surface area contributed by atoms with Crippen molar-refractivity contribution in [3.63, 3.8) is 0 Å². The first-order valence-electron chi connectivity index (χ1n) is 6.25. The molecule has 1 aromatic carbocycles. The summed E-state index contributed by atoms with van der Waals surface area (Å²) in [6.07, 6.45) is 2.07. The first kappa shape index (κ1) is 15.7. The largest absolute Gasteiger partial charge is 0.491 e. The van der Waals surface area contributed by atoms with E-state index < -0.39 is 0 Å². The third-order valence-electron chi connectivity index (χ3n) is 2.45. The molecule has 0 aliphatic heterocycles. The van der Waals surface area contributed by atoms with Gasteiger partial charge >= 0.3 is 0 Å². The lowest BCUT2D eigenvalue weighted by atomic mass is 10.2. The van der Waals surface area contributed by atoms with Crippen LogP contribution in [-0.2, 0) is 6.54 Å². The Kier molecular flexibility index (Phi) is 7.56. The van der Waals surface area contributed by atoms with E-state index in [1.165, 1.54) is 0 Å². The summed E-state index contributed by atoms with van der Waals surface area (Å²) in [6, 6.07) is 5.91. The lowest BCUT2D eigenvalue weighted by molar-refractivity contribution is 0.339. The zero-order chi connectivity index (χ0) is 13.4. The average molecular weight is 288 g/mol. The number of para-hydroxylation sites is 1. The second-order valence-electron chi connectivity index (χ2n) is 4.59. The fourth-order valence-electron chi connectivity index (χ4n) is 1.58. The number of thioether (sulfide) groups is 1. The Balaban J connectivity index is 2.61. The van der Waals surface area contributed by atoms with Gasteiger partial charge in [-0.05, 0) is 24.8 Å². The van der Waals surface area contributed by atoms with Gasteiger partial charge in [-0.25, -0.2) is 0 Å². The highest BCUT2D eigenvalue weighted by atomic mass is 35.5. The number of nitrogens with one attached hydrogen (secondary N) is 1. The van der Waals surface area contributed by atoms with Gasteiger partial charge in [0.1, 0.15) is 5.75 Å². The Bertz CT molecular complexity index is 358. The smallest absolute Gasteiger partial charge is 0.142 e. The Morgan fingerprint density at radius 1 is 1.39 bits per heavy atom. The molecule has 0 aliphatic rings. The minimum Gasteiger partial charge on any atom is -0.491 e. The summed E-state index contributed by atoms with van der Waals surface area (Å²) in [4.78, 5) is 0. The van der Waals surface area contributed by atoms with E-state index in [2.05, 4.69) is 31.5 Å². The van der Waals surface area contributed by atoms with Gasteiger partial charge in [0.05, 0.1) is 11.6 Å². The Morgan fingerprint density at radius 2 is 2.17 bits per heavy atom. The maximum atomic E-state index is 6.19. The van der Waals surface area contributed by atoms with Crippen LogP contribution < -0.4 is 10.1 Å². The normalized spacial score (nSPS) is 10.9. The predicted molar refractivity (Wildman–Crippen MR) is 81.9 cm³/mol. The molecule has 0 heterocycles. The van der Waals surface area contributed by atoms with Crippen LogP contribution in [0, 0.1) is 5.92 Å². The van der Waals surface area contributed by atoms with Crippen LogP contribution in [0.1, 0.15) is 19.4 Å². The number of hydrogen-bond acceptors (Lipinski definition) is 3. The molecular formula is C14H22ClNOS. The summed E-state index contributed by atoms with van der Waals surface area (Å²) in [5.74, 6) is 2.44. The minimum atomic E-state index is 0.644. The van der Waals surface area contributed by atoms with E-state index in [-0.39, 0.29) is 0 Å². The molecule has 2 nitrogen and oxygen atoms in total. The number of halogens is 1. The van der Waals surface area contributed by atoms with E-state index in [9.17, 15) is 0 Å². The zero-order valence-electron chi connectivity index (χ0n) is 11.3. The maximum Gasteiger partial charge on any atom is 0.142 e. The molecule has 0 atom stereocenters. The monoisotopic (exact) mass is 287 g/mol. The minimum absolute atomic E-state index is 0.644. The van der Waals surface area contributed by atoms with Gasteiger partial charge < -0.3 is 10.1 Å². The van der Waals surface area contributed by atoms with Crippen molar-refractivity contribution in [1.29, 1.82) is 0 Å². The van der Waals surface area contributed by atoms with E-state index in [1.54, 1.807) is 11.8 Å². The van der Waals surface area contributed by atoms with E-state index in [4.69, 9.17) is 16.3 Å². The number of ether oxygens (including phenoxy) is 1. The number of benzene rings is 1. The molecule has 4 heteroatoms. The van der Waals surface area contributed by atoms with Gasteiger partial charge in [0.15, 0.2) is 0 Å². The van der Waals surface area contributed by atoms with E-state index in [0.717, 1.165) is 30.2 Å². The van der Waals surface area contributed by atoms with Crippen molar-refractivity contribution in [1.82, 2.24) is 5.32 Å². The zero-order valence-corrected chi connectivity index (χ0v) is 12.9. The second-order valence-corrected chi connectivity index (χ2v) is 5.99. The predicted octanol–water partition coefficient (Wildman–Crippen LogP) is 3.83. The first-order valence-corrected chi connectivity index (χ1v) is 8.02. The van der Waals surface area contributed by atoms with Gasteiger partial charge in [-0.3, -0.25) is 0 Å². The van der Waals surface area contributed by atoms with Crippen molar-refractivity contribution in [2.24, 2.45) is 5.92 Å². The Morgan fingerprint density at radius 3 is 2.83 bits per heavy atom. The third kappa shape index (κ3) is 5.51. The molecule has 0 radical (unpaired) electrons. The molecule has 1 N–H and O–H groups in total. The SMILES string of the molecule is CSCCOc1c(Cl)cccc1CNCC(C)C. The fourth-order valence-corrected chi connectivity index (χ4v) is 2.08. The molecule has 0 spiro atoms. The Labute approximate surface area is 119 Å². The van der Waals surface area contributed by atoms with Crippen molar-refractivity contribution in [2.75, 3.05) is 25.2 Å². The van der Waals surface area contributed by atoms with Gasteiger partial charge in [-0.15, -0.1) is 0 Å². The molecule has 18 heavy (non-hydrogen) atoms.